The molecule has 0 aliphatic rings. The van der Waals surface area contributed by atoms with Crippen molar-refractivity contribution in [2.75, 3.05) is 5.32 Å². The van der Waals surface area contributed by atoms with E-state index in [1.165, 1.54) is 12.4 Å². The van der Waals surface area contributed by atoms with E-state index in [1.54, 1.807) is 13.8 Å². The summed E-state index contributed by atoms with van der Waals surface area (Å²) in [5.41, 5.74) is 4.27. The van der Waals surface area contributed by atoms with Crippen LogP contribution in [0.5, 0.6) is 0 Å². The molecule has 0 atom stereocenters. The van der Waals surface area contributed by atoms with Gasteiger partial charge in [0.25, 0.3) is 0 Å². The van der Waals surface area contributed by atoms with Gasteiger partial charge in [-0.2, -0.15) is 0 Å². The Labute approximate surface area is 86.7 Å². The molecule has 76 valence electrons. The van der Waals surface area contributed by atoms with Gasteiger partial charge in [0, 0.05) is 12.4 Å². The summed E-state index contributed by atoms with van der Waals surface area (Å²) in [5.74, 6) is -0.141. The molecule has 5 nitrogen and oxygen atoms in total. The average molecular weight is 215 g/mol. The van der Waals surface area contributed by atoms with E-state index >= 15 is 0 Å². The molecule has 0 bridgehead atoms. The number of nitrogens with one attached hydrogen (secondary N) is 1. The Morgan fingerprint density at radius 2 is 2.07 bits per heavy atom. The molecule has 0 aliphatic heterocycles. The van der Waals surface area contributed by atoms with E-state index < -0.39 is 11.4 Å². The summed E-state index contributed by atoms with van der Waals surface area (Å²) in [7, 11) is 0. The minimum atomic E-state index is -0.903. The van der Waals surface area contributed by atoms with Gasteiger partial charge in [-0.05, 0) is 13.8 Å². The number of aromatic nitrogens is 2. The molecule has 0 radical (unpaired) electrons. The van der Waals surface area contributed by atoms with Gasteiger partial charge in [0.2, 0.25) is 5.91 Å². The first-order chi connectivity index (χ1) is 6.43. The molecule has 0 fully saturated rings. The zero-order valence-corrected chi connectivity index (χ0v) is 8.67. The smallest absolute Gasteiger partial charge is 0.242 e. The van der Waals surface area contributed by atoms with E-state index in [-0.39, 0.29) is 5.15 Å². The highest BCUT2D eigenvalue weighted by Crippen LogP contribution is 2.18. The highest BCUT2D eigenvalue weighted by atomic mass is 35.5. The third-order valence-electron chi connectivity index (χ3n) is 1.70. The number of carbonyl (C=O) groups is 1. The molecule has 1 heterocycles. The van der Waals surface area contributed by atoms with Crippen LogP contribution in [0.4, 0.5) is 5.82 Å². The number of carbonyl (C=O) groups excluding carboxylic acids is 1. The minimum absolute atomic E-state index is 0.210. The molecule has 1 rings (SSSR count). The van der Waals surface area contributed by atoms with Crippen LogP contribution in [0, 0.1) is 0 Å². The van der Waals surface area contributed by atoms with Crippen molar-refractivity contribution >= 4 is 23.3 Å². The first-order valence-corrected chi connectivity index (χ1v) is 4.36. The average Bonchev–Trinajstić information content (AvgIpc) is 2.08. The number of nitrogens with zero attached hydrogens (tertiary/aromatic N) is 2. The Hall–Kier alpha value is -1.36. The minimum Gasteiger partial charge on any atom is -0.368 e. The summed E-state index contributed by atoms with van der Waals surface area (Å²) in [6.07, 6.45) is 2.94. The fraction of sp³-hybridized carbons (Fsp3) is 0.375. The molecular formula is C8H11ClN4O. The highest BCUT2D eigenvalue weighted by Gasteiger charge is 2.25. The molecule has 14 heavy (non-hydrogen) atoms. The molecular weight excluding hydrogens is 204 g/mol. The second-order valence-corrected chi connectivity index (χ2v) is 3.67. The number of amides is 1. The van der Waals surface area contributed by atoms with Crippen molar-refractivity contribution < 1.29 is 4.79 Å². The zero-order valence-electron chi connectivity index (χ0n) is 7.91. The lowest BCUT2D eigenvalue weighted by atomic mass is 10.1. The third-order valence-corrected chi connectivity index (χ3v) is 1.98. The summed E-state index contributed by atoms with van der Waals surface area (Å²) in [4.78, 5) is 18.7. The van der Waals surface area contributed by atoms with Crippen LogP contribution < -0.4 is 11.1 Å². The number of halogens is 1. The second-order valence-electron chi connectivity index (χ2n) is 3.31. The van der Waals surface area contributed by atoms with Crippen LogP contribution in [0.25, 0.3) is 0 Å². The van der Waals surface area contributed by atoms with Gasteiger partial charge in [0.1, 0.15) is 5.54 Å². The van der Waals surface area contributed by atoms with Gasteiger partial charge >= 0.3 is 0 Å². The van der Waals surface area contributed by atoms with Crippen LogP contribution in [0.15, 0.2) is 12.4 Å². The van der Waals surface area contributed by atoms with Crippen LogP contribution in [0.3, 0.4) is 0 Å². The van der Waals surface area contributed by atoms with Crippen LogP contribution in [-0.4, -0.2) is 21.4 Å². The van der Waals surface area contributed by atoms with Gasteiger partial charge in [0.05, 0.1) is 0 Å². The highest BCUT2D eigenvalue weighted by molar-refractivity contribution is 6.31. The monoisotopic (exact) mass is 214 g/mol. The normalized spacial score (nSPS) is 11.1. The van der Waals surface area contributed by atoms with Crippen molar-refractivity contribution in [3.63, 3.8) is 0 Å². The number of hydrogen-bond acceptors (Lipinski definition) is 4. The number of anilines is 1. The van der Waals surface area contributed by atoms with Crippen LogP contribution in [0.1, 0.15) is 13.8 Å². The molecule has 1 aromatic heterocycles. The third kappa shape index (κ3) is 2.32. The lowest BCUT2D eigenvalue weighted by Crippen LogP contribution is -2.45. The molecule has 0 spiro atoms. The first kappa shape index (κ1) is 10.7. The van der Waals surface area contributed by atoms with E-state index in [2.05, 4.69) is 15.3 Å². The number of hydrogen-bond donors (Lipinski definition) is 2. The fourth-order valence-corrected chi connectivity index (χ4v) is 0.915. The van der Waals surface area contributed by atoms with Gasteiger partial charge in [-0.1, -0.05) is 11.6 Å². The standard InChI is InChI=1S/C8H11ClN4O/c1-8(2,7(10)14)13-6-5(9)11-3-4-12-6/h3-4H,1-2H3,(H2,10,14)(H,12,13). The molecule has 0 aliphatic carbocycles. The molecule has 6 heteroatoms. The quantitative estimate of drug-likeness (QED) is 0.780. The maximum Gasteiger partial charge on any atom is 0.242 e. The predicted octanol–water partition coefficient (Wildman–Crippen LogP) is 0.806. The molecule has 0 saturated carbocycles. The van der Waals surface area contributed by atoms with E-state index in [9.17, 15) is 4.79 Å². The summed E-state index contributed by atoms with van der Waals surface area (Å²) >= 11 is 5.75. The summed E-state index contributed by atoms with van der Waals surface area (Å²) in [5, 5.41) is 3.02. The van der Waals surface area contributed by atoms with Crippen molar-refractivity contribution in [3.8, 4) is 0 Å². The van der Waals surface area contributed by atoms with E-state index in [0.29, 0.717) is 5.82 Å². The molecule has 0 saturated heterocycles. The van der Waals surface area contributed by atoms with Crippen LogP contribution >= 0.6 is 11.6 Å². The van der Waals surface area contributed by atoms with Crippen molar-refractivity contribution in [2.24, 2.45) is 5.73 Å². The topological polar surface area (TPSA) is 80.9 Å². The summed E-state index contributed by atoms with van der Waals surface area (Å²) in [6, 6.07) is 0. The van der Waals surface area contributed by atoms with Crippen LogP contribution in [0.2, 0.25) is 5.15 Å². The number of rotatable bonds is 3. The van der Waals surface area contributed by atoms with Gasteiger partial charge in [0.15, 0.2) is 11.0 Å². The lowest BCUT2D eigenvalue weighted by Gasteiger charge is -2.22. The largest absolute Gasteiger partial charge is 0.368 e. The van der Waals surface area contributed by atoms with Crippen molar-refractivity contribution in [2.45, 2.75) is 19.4 Å². The zero-order chi connectivity index (χ0) is 10.8. The summed E-state index contributed by atoms with van der Waals surface area (Å²) in [6.45, 7) is 3.28. The van der Waals surface area contributed by atoms with E-state index in [4.69, 9.17) is 17.3 Å². The lowest BCUT2D eigenvalue weighted by molar-refractivity contribution is -0.121. The van der Waals surface area contributed by atoms with Gasteiger partial charge in [-0.25, -0.2) is 9.97 Å². The van der Waals surface area contributed by atoms with Gasteiger partial charge in [-0.15, -0.1) is 0 Å². The maximum atomic E-state index is 11.0. The Morgan fingerprint density at radius 3 is 2.57 bits per heavy atom. The van der Waals surface area contributed by atoms with Crippen LogP contribution in [-0.2, 0) is 4.79 Å². The van der Waals surface area contributed by atoms with Gasteiger partial charge in [-0.3, -0.25) is 4.79 Å². The Kier molecular flexibility index (Phi) is 2.90. The van der Waals surface area contributed by atoms with E-state index in [0.717, 1.165) is 0 Å². The Bertz CT molecular complexity index is 353. The Balaban J connectivity index is 2.89. The maximum absolute atomic E-state index is 11.0. The molecule has 1 aromatic rings. The first-order valence-electron chi connectivity index (χ1n) is 3.98. The Morgan fingerprint density at radius 1 is 1.50 bits per heavy atom. The fourth-order valence-electron chi connectivity index (χ4n) is 0.763. The molecule has 1 amide bonds. The number of nitrogens with two attached hydrogens (primary N) is 1. The predicted molar refractivity (Wildman–Crippen MR) is 53.9 cm³/mol. The molecule has 3 N–H and O–H groups in total. The second kappa shape index (κ2) is 3.79. The SMILES string of the molecule is CC(C)(Nc1nccnc1Cl)C(N)=O. The van der Waals surface area contributed by atoms with Crippen molar-refractivity contribution in [1.29, 1.82) is 0 Å². The van der Waals surface area contributed by atoms with Crippen molar-refractivity contribution in [1.82, 2.24) is 9.97 Å². The van der Waals surface area contributed by atoms with Crippen molar-refractivity contribution in [3.05, 3.63) is 17.5 Å². The number of primary amides is 1. The van der Waals surface area contributed by atoms with E-state index in [1.807, 2.05) is 0 Å². The molecule has 0 unspecified atom stereocenters. The van der Waals surface area contributed by atoms with Gasteiger partial charge < -0.3 is 11.1 Å². The molecule has 0 aromatic carbocycles. The summed E-state index contributed by atoms with van der Waals surface area (Å²) < 4.78 is 0.